The molecule has 0 aliphatic rings. The van der Waals surface area contributed by atoms with E-state index in [0.717, 1.165) is 6.33 Å². The lowest BCUT2D eigenvalue weighted by atomic mass is 10.1. The van der Waals surface area contributed by atoms with Gasteiger partial charge in [-0.3, -0.25) is 14.9 Å². The number of rotatable bonds is 5. The first kappa shape index (κ1) is 19.3. The fraction of sp³-hybridized carbons (Fsp3) is 0.0500. The Morgan fingerprint density at radius 2 is 1.90 bits per heavy atom. The zero-order chi connectivity index (χ0) is 21.3. The van der Waals surface area contributed by atoms with Crippen molar-refractivity contribution in [3.05, 3.63) is 80.3 Å². The van der Waals surface area contributed by atoms with Crippen molar-refractivity contribution in [3.63, 3.8) is 0 Å². The highest BCUT2D eigenvalue weighted by Crippen LogP contribution is 2.31. The van der Waals surface area contributed by atoms with Crippen molar-refractivity contribution in [3.8, 4) is 17.1 Å². The number of anilines is 2. The fourth-order valence-electron chi connectivity index (χ4n) is 2.87. The summed E-state index contributed by atoms with van der Waals surface area (Å²) in [6.45, 7) is 0. The topological polar surface area (TPSA) is 120 Å². The number of ether oxygens (including phenoxy) is 1. The molecule has 1 N–H and O–H groups in total. The molecule has 0 saturated carbocycles. The predicted molar refractivity (Wildman–Crippen MR) is 111 cm³/mol. The molecule has 2 heterocycles. The smallest absolute Gasteiger partial charge is 0.348 e. The molecular formula is C20H13ClN4O5. The summed E-state index contributed by atoms with van der Waals surface area (Å²) in [5.41, 5.74) is 1.01. The normalized spacial score (nSPS) is 10.7. The van der Waals surface area contributed by atoms with Crippen molar-refractivity contribution in [2.75, 3.05) is 12.4 Å². The third-order valence-corrected chi connectivity index (χ3v) is 4.60. The zero-order valence-corrected chi connectivity index (χ0v) is 16.2. The van der Waals surface area contributed by atoms with E-state index in [0.29, 0.717) is 33.7 Å². The molecule has 2 aromatic carbocycles. The van der Waals surface area contributed by atoms with E-state index in [-0.39, 0.29) is 16.4 Å². The van der Waals surface area contributed by atoms with Crippen LogP contribution in [0.3, 0.4) is 0 Å². The summed E-state index contributed by atoms with van der Waals surface area (Å²) in [7, 11) is 1.52. The number of nitrogens with zero attached hydrogens (tertiary/aromatic N) is 3. The number of methoxy groups -OCH3 is 1. The van der Waals surface area contributed by atoms with Gasteiger partial charge in [0.1, 0.15) is 23.4 Å². The number of hydrogen-bond donors (Lipinski definition) is 1. The lowest BCUT2D eigenvalue weighted by Gasteiger charge is -2.08. The van der Waals surface area contributed by atoms with E-state index >= 15 is 0 Å². The Kier molecular flexibility index (Phi) is 5.03. The summed E-state index contributed by atoms with van der Waals surface area (Å²) in [6, 6.07) is 13.2. The van der Waals surface area contributed by atoms with Crippen LogP contribution in [0.4, 0.5) is 17.2 Å². The van der Waals surface area contributed by atoms with Gasteiger partial charge < -0.3 is 14.5 Å². The quantitative estimate of drug-likeness (QED) is 0.281. The molecule has 0 radical (unpaired) electrons. The van der Waals surface area contributed by atoms with Gasteiger partial charge in [0.05, 0.1) is 17.4 Å². The van der Waals surface area contributed by atoms with Gasteiger partial charge in [0, 0.05) is 17.3 Å². The van der Waals surface area contributed by atoms with Gasteiger partial charge in [-0.2, -0.15) is 0 Å². The Hall–Kier alpha value is -3.98. The van der Waals surface area contributed by atoms with Crippen molar-refractivity contribution in [1.29, 1.82) is 0 Å². The Balaban J connectivity index is 1.66. The number of hydrogen-bond acceptors (Lipinski definition) is 8. The number of nitro groups is 1. The van der Waals surface area contributed by atoms with Crippen molar-refractivity contribution in [1.82, 2.24) is 9.97 Å². The van der Waals surface area contributed by atoms with Crippen LogP contribution in [0.15, 0.2) is 64.1 Å². The lowest BCUT2D eigenvalue weighted by molar-refractivity contribution is -0.384. The van der Waals surface area contributed by atoms with Gasteiger partial charge in [0.25, 0.3) is 0 Å². The molecule has 0 amide bonds. The van der Waals surface area contributed by atoms with Crippen LogP contribution in [0.5, 0.6) is 5.75 Å². The summed E-state index contributed by atoms with van der Waals surface area (Å²) in [5, 5.41) is 14.2. The SMILES string of the molecule is COc1ccc2oc(-c3ccc(Nc4ncnc(Cl)c4[N+](=O)[O-])cc3)cc(=O)c2c1. The zero-order valence-electron chi connectivity index (χ0n) is 15.5. The minimum Gasteiger partial charge on any atom is -0.497 e. The van der Waals surface area contributed by atoms with Crippen LogP contribution in [0, 0.1) is 10.1 Å². The summed E-state index contributed by atoms with van der Waals surface area (Å²) in [5.74, 6) is 0.927. The lowest BCUT2D eigenvalue weighted by Crippen LogP contribution is -2.02. The number of aromatic nitrogens is 2. The Labute approximate surface area is 174 Å². The molecule has 2 aromatic heterocycles. The van der Waals surface area contributed by atoms with Crippen LogP contribution in [-0.2, 0) is 0 Å². The first-order valence-corrected chi connectivity index (χ1v) is 8.98. The molecule has 0 aliphatic heterocycles. The van der Waals surface area contributed by atoms with Crippen molar-refractivity contribution >= 4 is 39.8 Å². The number of benzene rings is 2. The maximum atomic E-state index is 12.5. The molecule has 9 nitrogen and oxygen atoms in total. The van der Waals surface area contributed by atoms with E-state index in [1.807, 2.05) is 0 Å². The van der Waals surface area contributed by atoms with Gasteiger partial charge in [0.15, 0.2) is 5.43 Å². The minimum absolute atomic E-state index is 0.0288. The van der Waals surface area contributed by atoms with Gasteiger partial charge in [-0.05, 0) is 42.5 Å². The van der Waals surface area contributed by atoms with E-state index in [9.17, 15) is 14.9 Å². The molecule has 0 fully saturated rings. The molecule has 0 spiro atoms. The van der Waals surface area contributed by atoms with Crippen molar-refractivity contribution in [2.45, 2.75) is 0 Å². The summed E-state index contributed by atoms with van der Waals surface area (Å²) in [6.07, 6.45) is 1.13. The Bertz CT molecular complexity index is 1320. The largest absolute Gasteiger partial charge is 0.497 e. The maximum absolute atomic E-state index is 12.5. The van der Waals surface area contributed by atoms with Gasteiger partial charge in [-0.15, -0.1) is 0 Å². The summed E-state index contributed by atoms with van der Waals surface area (Å²) >= 11 is 5.79. The van der Waals surface area contributed by atoms with Crippen LogP contribution in [0.1, 0.15) is 0 Å². The summed E-state index contributed by atoms with van der Waals surface area (Å²) in [4.78, 5) is 30.5. The molecule has 150 valence electrons. The molecule has 0 bridgehead atoms. The molecule has 30 heavy (non-hydrogen) atoms. The van der Waals surface area contributed by atoms with Crippen molar-refractivity contribution in [2.24, 2.45) is 0 Å². The second-order valence-corrected chi connectivity index (χ2v) is 6.52. The number of nitrogens with one attached hydrogen (secondary N) is 1. The number of halogens is 1. The van der Waals surface area contributed by atoms with E-state index in [1.54, 1.807) is 42.5 Å². The predicted octanol–water partition coefficient (Wildman–Crippen LogP) is 4.56. The number of fused-ring (bicyclic) bond motifs is 1. The molecule has 10 heteroatoms. The second-order valence-electron chi connectivity index (χ2n) is 6.16. The average molecular weight is 425 g/mol. The third kappa shape index (κ3) is 3.65. The van der Waals surface area contributed by atoms with Crippen molar-refractivity contribution < 1.29 is 14.1 Å². The molecule has 0 unspecified atom stereocenters. The third-order valence-electron chi connectivity index (χ3n) is 4.33. The maximum Gasteiger partial charge on any atom is 0.348 e. The van der Waals surface area contributed by atoms with Crippen LogP contribution < -0.4 is 15.5 Å². The Morgan fingerprint density at radius 3 is 2.60 bits per heavy atom. The molecule has 4 rings (SSSR count). The van der Waals surface area contributed by atoms with E-state index in [4.69, 9.17) is 20.8 Å². The van der Waals surface area contributed by atoms with Gasteiger partial charge in [-0.1, -0.05) is 11.6 Å². The Morgan fingerprint density at radius 1 is 1.13 bits per heavy atom. The van der Waals surface area contributed by atoms with Crippen LogP contribution >= 0.6 is 11.6 Å². The van der Waals surface area contributed by atoms with Crippen LogP contribution in [-0.4, -0.2) is 22.0 Å². The average Bonchev–Trinajstić information content (AvgIpc) is 2.74. The standard InChI is InChI=1S/C20H13ClN4O5/c1-29-13-6-7-16-14(8-13)15(26)9-17(30-16)11-2-4-12(5-3-11)24-20-18(25(27)28)19(21)22-10-23-20/h2-10H,1H3,(H,22,23,24). The van der Waals surface area contributed by atoms with E-state index in [1.165, 1.54) is 13.2 Å². The van der Waals surface area contributed by atoms with Gasteiger partial charge in [0.2, 0.25) is 11.0 Å². The van der Waals surface area contributed by atoms with Gasteiger partial charge >= 0.3 is 5.69 Å². The molecular weight excluding hydrogens is 412 g/mol. The van der Waals surface area contributed by atoms with E-state index < -0.39 is 10.6 Å². The van der Waals surface area contributed by atoms with Crippen LogP contribution in [0.2, 0.25) is 5.15 Å². The monoisotopic (exact) mass is 424 g/mol. The molecule has 0 atom stereocenters. The highest BCUT2D eigenvalue weighted by molar-refractivity contribution is 6.31. The van der Waals surface area contributed by atoms with Crippen LogP contribution in [0.25, 0.3) is 22.3 Å². The fourth-order valence-corrected chi connectivity index (χ4v) is 3.07. The van der Waals surface area contributed by atoms with E-state index in [2.05, 4.69) is 15.3 Å². The molecule has 0 saturated heterocycles. The summed E-state index contributed by atoms with van der Waals surface area (Å²) < 4.78 is 11.0. The minimum atomic E-state index is -0.655. The second kappa shape index (κ2) is 7.80. The molecule has 4 aromatic rings. The highest BCUT2D eigenvalue weighted by atomic mass is 35.5. The first-order valence-electron chi connectivity index (χ1n) is 8.60. The molecule has 0 aliphatic carbocycles. The first-order chi connectivity index (χ1) is 14.5. The highest BCUT2D eigenvalue weighted by Gasteiger charge is 2.21. The van der Waals surface area contributed by atoms with Gasteiger partial charge in [-0.25, -0.2) is 9.97 Å².